The Hall–Kier alpha value is -0.830. The third-order valence-corrected chi connectivity index (χ3v) is 4.47. The lowest BCUT2D eigenvalue weighted by Gasteiger charge is -2.28. The summed E-state index contributed by atoms with van der Waals surface area (Å²) in [6, 6.07) is 0.636. The van der Waals surface area contributed by atoms with Crippen LogP contribution in [0.1, 0.15) is 69.7 Å². The molecule has 1 aromatic heterocycles. The molecule has 1 heterocycles. The third kappa shape index (κ3) is 3.82. The molecule has 0 aromatic carbocycles. The van der Waals surface area contributed by atoms with E-state index in [2.05, 4.69) is 37.0 Å². The van der Waals surface area contributed by atoms with Gasteiger partial charge in [0.15, 0.2) is 0 Å². The van der Waals surface area contributed by atoms with Crippen LogP contribution in [0, 0.1) is 12.8 Å². The first kappa shape index (κ1) is 14.6. The van der Waals surface area contributed by atoms with Crippen molar-refractivity contribution in [1.82, 2.24) is 15.1 Å². The van der Waals surface area contributed by atoms with E-state index in [-0.39, 0.29) is 0 Å². The third-order valence-electron chi connectivity index (χ3n) is 4.47. The minimum Gasteiger partial charge on any atom is -0.313 e. The van der Waals surface area contributed by atoms with Crippen LogP contribution in [0.4, 0.5) is 0 Å². The largest absolute Gasteiger partial charge is 0.313 e. The Bertz CT molecular complexity index is 383. The number of hydrogen-bond donors (Lipinski definition) is 1. The lowest BCUT2D eigenvalue weighted by Crippen LogP contribution is -2.19. The van der Waals surface area contributed by atoms with Crippen molar-refractivity contribution in [3.63, 3.8) is 0 Å². The second kappa shape index (κ2) is 7.09. The number of rotatable bonds is 6. The Labute approximate surface area is 117 Å². The molecule has 0 bridgehead atoms. The summed E-state index contributed by atoms with van der Waals surface area (Å²) >= 11 is 0. The molecule has 2 rings (SSSR count). The van der Waals surface area contributed by atoms with Crippen molar-refractivity contribution in [2.45, 2.75) is 71.9 Å². The molecule has 3 nitrogen and oxygen atoms in total. The Balaban J connectivity index is 1.98. The minimum atomic E-state index is 0.636. The van der Waals surface area contributed by atoms with Crippen LogP contribution in [0.3, 0.4) is 0 Å². The molecule has 19 heavy (non-hydrogen) atoms. The summed E-state index contributed by atoms with van der Waals surface area (Å²) in [7, 11) is 0. The number of aromatic nitrogens is 2. The van der Waals surface area contributed by atoms with Crippen LogP contribution >= 0.6 is 0 Å². The van der Waals surface area contributed by atoms with Crippen molar-refractivity contribution in [2.75, 3.05) is 6.54 Å². The molecular weight excluding hydrogens is 234 g/mol. The monoisotopic (exact) mass is 263 g/mol. The standard InChI is InChI=1S/C16H29N3/c1-4-9-17-11-15-12-19(18-13(15)3)16-8-6-7-14(5-2)10-16/h12,14,16-17H,4-11H2,1-3H3. The molecule has 1 saturated carbocycles. The molecule has 0 amide bonds. The maximum absolute atomic E-state index is 4.76. The lowest BCUT2D eigenvalue weighted by atomic mass is 9.84. The van der Waals surface area contributed by atoms with Gasteiger partial charge < -0.3 is 5.32 Å². The van der Waals surface area contributed by atoms with Crippen LogP contribution in [0.2, 0.25) is 0 Å². The molecular formula is C16H29N3. The van der Waals surface area contributed by atoms with Crippen LogP contribution in [0.25, 0.3) is 0 Å². The van der Waals surface area contributed by atoms with E-state index in [0.717, 1.165) is 19.0 Å². The normalized spacial score (nSPS) is 23.7. The van der Waals surface area contributed by atoms with E-state index in [0.29, 0.717) is 6.04 Å². The zero-order chi connectivity index (χ0) is 13.7. The molecule has 0 saturated heterocycles. The molecule has 2 atom stereocenters. The summed E-state index contributed by atoms with van der Waals surface area (Å²) in [6.07, 6.45) is 10.2. The van der Waals surface area contributed by atoms with E-state index in [1.165, 1.54) is 49.8 Å². The van der Waals surface area contributed by atoms with E-state index in [4.69, 9.17) is 5.10 Å². The molecule has 2 unspecified atom stereocenters. The van der Waals surface area contributed by atoms with Gasteiger partial charge in [0.1, 0.15) is 0 Å². The van der Waals surface area contributed by atoms with Crippen molar-refractivity contribution in [2.24, 2.45) is 5.92 Å². The van der Waals surface area contributed by atoms with E-state index in [9.17, 15) is 0 Å². The second-order valence-electron chi connectivity index (χ2n) is 5.99. The van der Waals surface area contributed by atoms with E-state index < -0.39 is 0 Å². The van der Waals surface area contributed by atoms with Gasteiger partial charge in [0.25, 0.3) is 0 Å². The molecule has 1 aromatic rings. The predicted molar refractivity (Wildman–Crippen MR) is 80.2 cm³/mol. The molecule has 108 valence electrons. The fraction of sp³-hybridized carbons (Fsp3) is 0.812. The van der Waals surface area contributed by atoms with Crippen molar-refractivity contribution in [1.29, 1.82) is 0 Å². The van der Waals surface area contributed by atoms with Gasteiger partial charge in [0.05, 0.1) is 11.7 Å². The number of nitrogens with one attached hydrogen (secondary N) is 1. The SMILES string of the molecule is CCCNCc1cn(C2CCCC(CC)C2)nc1C. The van der Waals surface area contributed by atoms with E-state index >= 15 is 0 Å². The van der Waals surface area contributed by atoms with Gasteiger partial charge in [-0.25, -0.2) is 0 Å². The van der Waals surface area contributed by atoms with Gasteiger partial charge in [-0.05, 0) is 38.6 Å². The smallest absolute Gasteiger partial charge is 0.0638 e. The van der Waals surface area contributed by atoms with Crippen molar-refractivity contribution in [3.05, 3.63) is 17.5 Å². The fourth-order valence-electron chi connectivity index (χ4n) is 3.15. The molecule has 1 fully saturated rings. The Morgan fingerprint density at radius 1 is 1.37 bits per heavy atom. The molecule has 0 aliphatic heterocycles. The van der Waals surface area contributed by atoms with Crippen LogP contribution in [-0.4, -0.2) is 16.3 Å². The molecule has 1 aliphatic rings. The average Bonchev–Trinajstić information content (AvgIpc) is 2.81. The number of hydrogen-bond acceptors (Lipinski definition) is 2. The predicted octanol–water partition coefficient (Wildman–Crippen LogP) is 3.83. The Morgan fingerprint density at radius 2 is 2.21 bits per heavy atom. The Morgan fingerprint density at radius 3 is 2.95 bits per heavy atom. The molecule has 1 N–H and O–H groups in total. The highest BCUT2D eigenvalue weighted by Gasteiger charge is 2.23. The zero-order valence-electron chi connectivity index (χ0n) is 12.8. The highest BCUT2D eigenvalue weighted by molar-refractivity contribution is 5.15. The van der Waals surface area contributed by atoms with Crippen molar-refractivity contribution in [3.8, 4) is 0 Å². The van der Waals surface area contributed by atoms with Gasteiger partial charge >= 0.3 is 0 Å². The first-order chi connectivity index (χ1) is 9.24. The maximum atomic E-state index is 4.76. The van der Waals surface area contributed by atoms with E-state index in [1.807, 2.05) is 0 Å². The Kier molecular flexibility index (Phi) is 5.44. The van der Waals surface area contributed by atoms with Gasteiger partial charge in [-0.1, -0.05) is 33.1 Å². The summed E-state index contributed by atoms with van der Waals surface area (Å²) < 4.78 is 2.25. The van der Waals surface area contributed by atoms with Gasteiger partial charge in [0.2, 0.25) is 0 Å². The lowest BCUT2D eigenvalue weighted by molar-refractivity contribution is 0.247. The molecule has 0 radical (unpaired) electrons. The summed E-state index contributed by atoms with van der Waals surface area (Å²) in [6.45, 7) is 8.72. The summed E-state index contributed by atoms with van der Waals surface area (Å²) in [5.41, 5.74) is 2.56. The topological polar surface area (TPSA) is 29.9 Å². The van der Waals surface area contributed by atoms with Gasteiger partial charge in [-0.2, -0.15) is 5.10 Å². The second-order valence-corrected chi connectivity index (χ2v) is 5.99. The van der Waals surface area contributed by atoms with Crippen LogP contribution in [0.15, 0.2) is 6.20 Å². The average molecular weight is 263 g/mol. The molecule has 0 spiro atoms. The van der Waals surface area contributed by atoms with Crippen LogP contribution in [0.5, 0.6) is 0 Å². The van der Waals surface area contributed by atoms with Gasteiger partial charge in [-0.15, -0.1) is 0 Å². The zero-order valence-corrected chi connectivity index (χ0v) is 12.8. The first-order valence-electron chi connectivity index (χ1n) is 7.99. The summed E-state index contributed by atoms with van der Waals surface area (Å²) in [4.78, 5) is 0. The minimum absolute atomic E-state index is 0.636. The van der Waals surface area contributed by atoms with Crippen molar-refractivity contribution < 1.29 is 0 Å². The fourth-order valence-corrected chi connectivity index (χ4v) is 3.15. The number of nitrogens with zero attached hydrogens (tertiary/aromatic N) is 2. The quantitative estimate of drug-likeness (QED) is 0.790. The highest BCUT2D eigenvalue weighted by Crippen LogP contribution is 2.34. The van der Waals surface area contributed by atoms with Crippen LogP contribution < -0.4 is 5.32 Å². The molecule has 3 heteroatoms. The highest BCUT2D eigenvalue weighted by atomic mass is 15.3. The van der Waals surface area contributed by atoms with Gasteiger partial charge in [-0.3, -0.25) is 4.68 Å². The van der Waals surface area contributed by atoms with Crippen molar-refractivity contribution >= 4 is 0 Å². The maximum Gasteiger partial charge on any atom is 0.0638 e. The summed E-state index contributed by atoms with van der Waals surface area (Å²) in [5.74, 6) is 0.907. The van der Waals surface area contributed by atoms with E-state index in [1.54, 1.807) is 0 Å². The van der Waals surface area contributed by atoms with Gasteiger partial charge in [0, 0.05) is 18.3 Å². The van der Waals surface area contributed by atoms with Crippen LogP contribution in [-0.2, 0) is 6.54 Å². The first-order valence-corrected chi connectivity index (χ1v) is 7.99. The number of aryl methyl sites for hydroxylation is 1. The molecule has 1 aliphatic carbocycles. The summed E-state index contributed by atoms with van der Waals surface area (Å²) in [5, 5.41) is 8.23.